The molecule has 2 nitrogen and oxygen atoms in total. The molecule has 0 amide bonds. The van der Waals surface area contributed by atoms with Crippen molar-refractivity contribution in [3.8, 4) is 0 Å². The van der Waals surface area contributed by atoms with Crippen LogP contribution in [0.4, 0.5) is 0 Å². The third-order valence-electron chi connectivity index (χ3n) is 3.60. The van der Waals surface area contributed by atoms with Crippen LogP contribution in [0.2, 0.25) is 0 Å². The zero-order valence-corrected chi connectivity index (χ0v) is 10.9. The molecule has 2 aliphatic heterocycles. The van der Waals surface area contributed by atoms with E-state index in [1.54, 1.807) is 0 Å². The lowest BCUT2D eigenvalue weighted by atomic mass is 9.77. The predicted molar refractivity (Wildman–Crippen MR) is 63.4 cm³/mol. The number of thiophene rings is 1. The second kappa shape index (κ2) is 3.55. The van der Waals surface area contributed by atoms with Crippen molar-refractivity contribution in [3.63, 3.8) is 0 Å². The van der Waals surface area contributed by atoms with Gasteiger partial charge >= 0.3 is 0 Å². The van der Waals surface area contributed by atoms with Crippen LogP contribution < -0.4 is 0 Å². The van der Waals surface area contributed by atoms with Crippen LogP contribution in [0.25, 0.3) is 0 Å². The highest BCUT2D eigenvalue weighted by molar-refractivity contribution is 9.10. The zero-order chi connectivity index (χ0) is 10.5. The van der Waals surface area contributed by atoms with E-state index in [1.165, 1.54) is 9.35 Å². The van der Waals surface area contributed by atoms with Crippen molar-refractivity contribution < 1.29 is 9.47 Å². The Kier molecular flexibility index (Phi) is 2.43. The summed E-state index contributed by atoms with van der Waals surface area (Å²) in [6.07, 6.45) is 0.327. The molecule has 15 heavy (non-hydrogen) atoms. The molecule has 3 rings (SSSR count). The van der Waals surface area contributed by atoms with E-state index in [-0.39, 0.29) is 5.41 Å². The van der Waals surface area contributed by atoms with Crippen LogP contribution >= 0.6 is 27.3 Å². The van der Waals surface area contributed by atoms with Gasteiger partial charge in [-0.2, -0.15) is 0 Å². The highest BCUT2D eigenvalue weighted by Crippen LogP contribution is 2.48. The van der Waals surface area contributed by atoms with E-state index in [1.807, 2.05) is 11.3 Å². The standard InChI is InChI=1S/C11H13BrO2S/c1-7-9-3-13-5-11(9,6-14-7)10-2-8(12)4-15-10/h2,4,7,9H,3,5-6H2,1H3/t7-,9-,11-/m1/s1. The van der Waals surface area contributed by atoms with Crippen molar-refractivity contribution in [3.05, 3.63) is 20.8 Å². The summed E-state index contributed by atoms with van der Waals surface area (Å²) >= 11 is 5.33. The van der Waals surface area contributed by atoms with Gasteiger partial charge in [0.15, 0.2) is 0 Å². The summed E-state index contributed by atoms with van der Waals surface area (Å²) in [5.41, 5.74) is 0.135. The average molecular weight is 289 g/mol. The van der Waals surface area contributed by atoms with E-state index in [0.29, 0.717) is 12.0 Å². The topological polar surface area (TPSA) is 18.5 Å². The lowest BCUT2D eigenvalue weighted by Crippen LogP contribution is -2.34. The fraction of sp³-hybridized carbons (Fsp3) is 0.636. The van der Waals surface area contributed by atoms with Crippen molar-refractivity contribution in [2.45, 2.75) is 18.4 Å². The number of hydrogen-bond donors (Lipinski definition) is 0. The van der Waals surface area contributed by atoms with Crippen molar-refractivity contribution >= 4 is 27.3 Å². The van der Waals surface area contributed by atoms with Gasteiger partial charge in [0.2, 0.25) is 0 Å². The van der Waals surface area contributed by atoms with Gasteiger partial charge in [-0.3, -0.25) is 0 Å². The number of halogens is 1. The van der Waals surface area contributed by atoms with Crippen molar-refractivity contribution in [1.82, 2.24) is 0 Å². The first kappa shape index (κ1) is 10.3. The molecule has 2 saturated heterocycles. The maximum Gasteiger partial charge on any atom is 0.0608 e. The van der Waals surface area contributed by atoms with Gasteiger partial charge in [-0.05, 0) is 28.9 Å². The van der Waals surface area contributed by atoms with E-state index in [4.69, 9.17) is 9.47 Å². The average Bonchev–Trinajstić information content (AvgIpc) is 2.84. The van der Waals surface area contributed by atoms with Crippen molar-refractivity contribution in [2.75, 3.05) is 19.8 Å². The van der Waals surface area contributed by atoms with E-state index >= 15 is 0 Å². The van der Waals surface area contributed by atoms with E-state index < -0.39 is 0 Å². The summed E-state index contributed by atoms with van der Waals surface area (Å²) < 4.78 is 12.6. The number of ether oxygens (including phenoxy) is 2. The van der Waals surface area contributed by atoms with Gasteiger partial charge in [-0.25, -0.2) is 0 Å². The van der Waals surface area contributed by atoms with Gasteiger partial charge in [0.05, 0.1) is 31.3 Å². The minimum absolute atomic E-state index is 0.135. The van der Waals surface area contributed by atoms with E-state index in [2.05, 4.69) is 34.3 Å². The molecular formula is C11H13BrO2S. The van der Waals surface area contributed by atoms with Crippen LogP contribution in [-0.4, -0.2) is 25.9 Å². The molecule has 0 radical (unpaired) electrons. The van der Waals surface area contributed by atoms with Crippen LogP contribution in [0.5, 0.6) is 0 Å². The normalized spacial score (nSPS) is 39.6. The van der Waals surface area contributed by atoms with E-state index in [9.17, 15) is 0 Å². The summed E-state index contributed by atoms with van der Waals surface area (Å²) in [4.78, 5) is 1.40. The first-order chi connectivity index (χ1) is 7.22. The lowest BCUT2D eigenvalue weighted by molar-refractivity contribution is 0.0582. The maximum atomic E-state index is 5.80. The predicted octanol–water partition coefficient (Wildman–Crippen LogP) is 2.81. The Balaban J connectivity index is 2.02. The van der Waals surface area contributed by atoms with Crippen molar-refractivity contribution in [2.24, 2.45) is 5.92 Å². The molecule has 1 aromatic heterocycles. The van der Waals surface area contributed by atoms with Gasteiger partial charge in [0.25, 0.3) is 0 Å². The second-order valence-electron chi connectivity index (χ2n) is 4.42. The number of rotatable bonds is 1. The van der Waals surface area contributed by atoms with E-state index in [0.717, 1.165) is 19.8 Å². The number of hydrogen-bond acceptors (Lipinski definition) is 3. The molecule has 3 atom stereocenters. The summed E-state index contributed by atoms with van der Waals surface area (Å²) in [7, 11) is 0. The highest BCUT2D eigenvalue weighted by Gasteiger charge is 2.53. The minimum atomic E-state index is 0.135. The Morgan fingerprint density at radius 3 is 3.13 bits per heavy atom. The van der Waals surface area contributed by atoms with Gasteiger partial charge in [-0.15, -0.1) is 11.3 Å². The van der Waals surface area contributed by atoms with Crippen molar-refractivity contribution in [1.29, 1.82) is 0 Å². The summed E-state index contributed by atoms with van der Waals surface area (Å²) in [5, 5.41) is 2.14. The van der Waals surface area contributed by atoms with Crippen LogP contribution in [0.1, 0.15) is 11.8 Å². The van der Waals surface area contributed by atoms with Crippen LogP contribution in [0.15, 0.2) is 15.9 Å². The first-order valence-electron chi connectivity index (χ1n) is 5.16. The Bertz CT molecular complexity index is 378. The molecule has 82 valence electrons. The molecule has 0 unspecified atom stereocenters. The Morgan fingerprint density at radius 2 is 2.40 bits per heavy atom. The van der Waals surface area contributed by atoms with Gasteiger partial charge < -0.3 is 9.47 Å². The molecule has 0 saturated carbocycles. The smallest absolute Gasteiger partial charge is 0.0608 e. The Labute approximate surface area is 102 Å². The molecule has 0 N–H and O–H groups in total. The molecule has 0 aromatic carbocycles. The van der Waals surface area contributed by atoms with Gasteiger partial charge in [0, 0.05) is 20.6 Å². The molecule has 4 heteroatoms. The quantitative estimate of drug-likeness (QED) is 0.791. The maximum absolute atomic E-state index is 5.80. The van der Waals surface area contributed by atoms with Gasteiger partial charge in [0.1, 0.15) is 0 Å². The fourth-order valence-electron chi connectivity index (χ4n) is 2.66. The fourth-order valence-corrected chi connectivity index (χ4v) is 4.33. The number of fused-ring (bicyclic) bond motifs is 1. The van der Waals surface area contributed by atoms with Crippen LogP contribution in [0, 0.1) is 5.92 Å². The Morgan fingerprint density at radius 1 is 1.53 bits per heavy atom. The molecule has 3 heterocycles. The molecular weight excluding hydrogens is 276 g/mol. The van der Waals surface area contributed by atoms with Crippen LogP contribution in [0.3, 0.4) is 0 Å². The molecule has 2 fully saturated rings. The third-order valence-corrected chi connectivity index (χ3v) is 5.51. The molecule has 0 spiro atoms. The monoisotopic (exact) mass is 288 g/mol. The lowest BCUT2D eigenvalue weighted by Gasteiger charge is -2.24. The highest BCUT2D eigenvalue weighted by atomic mass is 79.9. The first-order valence-corrected chi connectivity index (χ1v) is 6.83. The summed E-state index contributed by atoms with van der Waals surface area (Å²) in [6.45, 7) is 4.63. The second-order valence-corrected chi connectivity index (χ2v) is 6.25. The van der Waals surface area contributed by atoms with Gasteiger partial charge in [-0.1, -0.05) is 0 Å². The molecule has 0 bridgehead atoms. The summed E-state index contributed by atoms with van der Waals surface area (Å²) in [6, 6.07) is 2.22. The molecule has 0 aliphatic carbocycles. The molecule has 1 aromatic rings. The third kappa shape index (κ3) is 1.42. The Hall–Kier alpha value is 0.1000. The van der Waals surface area contributed by atoms with Crippen LogP contribution in [-0.2, 0) is 14.9 Å². The minimum Gasteiger partial charge on any atom is -0.380 e. The SMILES string of the molecule is C[C@H]1OC[C@]2(c3cc(Br)cs3)COC[C@H]12. The largest absolute Gasteiger partial charge is 0.380 e. The summed E-state index contributed by atoms with van der Waals surface area (Å²) in [5.74, 6) is 0.531. The molecule has 2 aliphatic rings. The zero-order valence-electron chi connectivity index (χ0n) is 8.53.